The van der Waals surface area contributed by atoms with E-state index in [0.717, 1.165) is 23.5 Å². The van der Waals surface area contributed by atoms with Crippen LogP contribution >= 0.6 is 15.9 Å². The summed E-state index contributed by atoms with van der Waals surface area (Å²) in [5, 5.41) is 0. The summed E-state index contributed by atoms with van der Waals surface area (Å²) in [6.07, 6.45) is 1.28. The first-order chi connectivity index (χ1) is 9.29. The molecule has 3 heteroatoms. The van der Waals surface area contributed by atoms with Crippen LogP contribution in [-0.4, -0.2) is 24.0 Å². The van der Waals surface area contributed by atoms with Gasteiger partial charge in [-0.2, -0.15) is 0 Å². The van der Waals surface area contributed by atoms with Gasteiger partial charge in [0.2, 0.25) is 0 Å². The predicted octanol–water partition coefficient (Wildman–Crippen LogP) is 4.21. The zero-order valence-corrected chi connectivity index (χ0v) is 14.7. The maximum Gasteiger partial charge on any atom is 0.0496 e. The molecule has 3 atom stereocenters. The van der Waals surface area contributed by atoms with E-state index in [1.165, 1.54) is 12.0 Å². The highest BCUT2D eigenvalue weighted by molar-refractivity contribution is 9.10. The van der Waals surface area contributed by atoms with Gasteiger partial charge in [0.25, 0.3) is 0 Å². The van der Waals surface area contributed by atoms with Crippen molar-refractivity contribution < 1.29 is 0 Å². The summed E-state index contributed by atoms with van der Waals surface area (Å²) in [5.74, 6) is 0.760. The Hall–Kier alpha value is -0.380. The van der Waals surface area contributed by atoms with Gasteiger partial charge in [-0.3, -0.25) is 4.90 Å². The minimum absolute atomic E-state index is 0.142. The van der Waals surface area contributed by atoms with Crippen LogP contribution in [0.1, 0.15) is 45.7 Å². The lowest BCUT2D eigenvalue weighted by Crippen LogP contribution is -2.39. The minimum atomic E-state index is 0.142. The maximum atomic E-state index is 6.30. The van der Waals surface area contributed by atoms with Gasteiger partial charge in [-0.25, -0.2) is 0 Å². The Bertz CT molecular complexity index is 451. The smallest absolute Gasteiger partial charge is 0.0496 e. The normalized spacial score (nSPS) is 23.8. The van der Waals surface area contributed by atoms with E-state index in [0.29, 0.717) is 11.5 Å². The van der Waals surface area contributed by atoms with Crippen LogP contribution < -0.4 is 5.73 Å². The summed E-state index contributed by atoms with van der Waals surface area (Å²) in [5.41, 5.74) is 8.00. The van der Waals surface area contributed by atoms with Crippen LogP contribution in [0.5, 0.6) is 0 Å². The van der Waals surface area contributed by atoms with Crippen molar-refractivity contribution in [2.75, 3.05) is 13.1 Å². The van der Waals surface area contributed by atoms with E-state index in [-0.39, 0.29) is 6.04 Å². The molecule has 2 rings (SSSR count). The Balaban J connectivity index is 2.19. The SMILES string of the molecule is CC(N)C(c1cccc(Br)c1)N1CCC(C(C)(C)C)C1. The van der Waals surface area contributed by atoms with Crippen LogP contribution in [0, 0.1) is 11.3 Å². The van der Waals surface area contributed by atoms with Gasteiger partial charge in [0.15, 0.2) is 0 Å². The summed E-state index contributed by atoms with van der Waals surface area (Å²) in [7, 11) is 0. The number of nitrogens with zero attached hydrogens (tertiary/aromatic N) is 1. The van der Waals surface area contributed by atoms with Crippen molar-refractivity contribution in [3.05, 3.63) is 34.3 Å². The van der Waals surface area contributed by atoms with Crippen molar-refractivity contribution in [3.8, 4) is 0 Å². The van der Waals surface area contributed by atoms with E-state index in [4.69, 9.17) is 5.73 Å². The molecular weight excluding hydrogens is 312 g/mol. The average molecular weight is 339 g/mol. The third-order valence-corrected chi connectivity index (χ3v) is 5.02. The highest BCUT2D eigenvalue weighted by Gasteiger charge is 2.36. The Morgan fingerprint density at radius 3 is 2.55 bits per heavy atom. The van der Waals surface area contributed by atoms with E-state index < -0.39 is 0 Å². The molecule has 112 valence electrons. The highest BCUT2D eigenvalue weighted by Crippen LogP contribution is 2.38. The molecule has 1 aliphatic heterocycles. The van der Waals surface area contributed by atoms with Crippen LogP contribution in [0.2, 0.25) is 0 Å². The van der Waals surface area contributed by atoms with Gasteiger partial charge >= 0.3 is 0 Å². The van der Waals surface area contributed by atoms with Gasteiger partial charge in [-0.05, 0) is 48.9 Å². The summed E-state index contributed by atoms with van der Waals surface area (Å²) in [6, 6.07) is 9.04. The van der Waals surface area contributed by atoms with E-state index in [1.54, 1.807) is 0 Å². The molecule has 1 aliphatic rings. The number of hydrogen-bond acceptors (Lipinski definition) is 2. The largest absolute Gasteiger partial charge is 0.326 e. The Kier molecular flexibility index (Phi) is 4.93. The molecular formula is C17H27BrN2. The van der Waals surface area contributed by atoms with E-state index in [1.807, 2.05) is 0 Å². The molecule has 1 aromatic rings. The summed E-state index contributed by atoms with van der Waals surface area (Å²) < 4.78 is 1.13. The first kappa shape index (κ1) is 16.0. The fourth-order valence-corrected chi connectivity index (χ4v) is 3.70. The zero-order valence-electron chi connectivity index (χ0n) is 13.1. The molecule has 20 heavy (non-hydrogen) atoms. The van der Waals surface area contributed by atoms with Crippen molar-refractivity contribution in [1.82, 2.24) is 4.90 Å². The first-order valence-corrected chi connectivity index (χ1v) is 8.33. The molecule has 0 aliphatic carbocycles. The van der Waals surface area contributed by atoms with Crippen LogP contribution in [-0.2, 0) is 0 Å². The third kappa shape index (κ3) is 3.63. The van der Waals surface area contributed by atoms with Crippen molar-refractivity contribution in [2.45, 2.75) is 46.2 Å². The molecule has 1 heterocycles. The minimum Gasteiger partial charge on any atom is -0.326 e. The van der Waals surface area contributed by atoms with E-state index in [2.05, 4.69) is 72.8 Å². The van der Waals surface area contributed by atoms with E-state index >= 15 is 0 Å². The Morgan fingerprint density at radius 2 is 2.05 bits per heavy atom. The lowest BCUT2D eigenvalue weighted by Gasteiger charge is -2.33. The molecule has 1 fully saturated rings. The summed E-state index contributed by atoms with van der Waals surface area (Å²) in [4.78, 5) is 2.57. The predicted molar refractivity (Wildman–Crippen MR) is 89.7 cm³/mol. The average Bonchev–Trinajstić information content (AvgIpc) is 2.77. The summed E-state index contributed by atoms with van der Waals surface area (Å²) >= 11 is 3.57. The van der Waals surface area contributed by atoms with Crippen molar-refractivity contribution in [3.63, 3.8) is 0 Å². The Labute approximate surface area is 131 Å². The molecule has 1 aromatic carbocycles. The molecule has 0 aromatic heterocycles. The van der Waals surface area contributed by atoms with Crippen LogP contribution in [0.25, 0.3) is 0 Å². The van der Waals surface area contributed by atoms with Crippen LogP contribution in [0.3, 0.4) is 0 Å². The lowest BCUT2D eigenvalue weighted by atomic mass is 9.80. The van der Waals surface area contributed by atoms with Crippen LogP contribution in [0.4, 0.5) is 0 Å². The molecule has 0 radical (unpaired) electrons. The van der Waals surface area contributed by atoms with Gasteiger partial charge in [0.1, 0.15) is 0 Å². The second-order valence-electron chi connectivity index (χ2n) is 7.21. The number of nitrogens with two attached hydrogens (primary N) is 1. The fraction of sp³-hybridized carbons (Fsp3) is 0.647. The number of halogens is 1. The zero-order chi connectivity index (χ0) is 14.9. The quantitative estimate of drug-likeness (QED) is 0.894. The van der Waals surface area contributed by atoms with Crippen molar-refractivity contribution in [1.29, 1.82) is 0 Å². The molecule has 2 nitrogen and oxygen atoms in total. The third-order valence-electron chi connectivity index (χ3n) is 4.53. The number of hydrogen-bond donors (Lipinski definition) is 1. The summed E-state index contributed by atoms with van der Waals surface area (Å²) in [6.45, 7) is 11.5. The van der Waals surface area contributed by atoms with Gasteiger partial charge in [-0.15, -0.1) is 0 Å². The number of likely N-dealkylation sites (tertiary alicyclic amines) is 1. The lowest BCUT2D eigenvalue weighted by molar-refractivity contribution is 0.180. The first-order valence-electron chi connectivity index (χ1n) is 7.54. The fourth-order valence-electron chi connectivity index (χ4n) is 3.28. The molecule has 0 saturated carbocycles. The van der Waals surface area contributed by atoms with Gasteiger partial charge in [0.05, 0.1) is 0 Å². The molecule has 3 unspecified atom stereocenters. The van der Waals surface area contributed by atoms with Crippen LogP contribution in [0.15, 0.2) is 28.7 Å². The van der Waals surface area contributed by atoms with Gasteiger partial charge in [-0.1, -0.05) is 48.8 Å². The molecule has 2 N–H and O–H groups in total. The number of benzene rings is 1. The highest BCUT2D eigenvalue weighted by atomic mass is 79.9. The number of rotatable bonds is 3. The standard InChI is InChI=1S/C17H27BrN2/c1-12(19)16(13-6-5-7-15(18)10-13)20-9-8-14(11-20)17(2,3)4/h5-7,10,12,14,16H,8-9,11,19H2,1-4H3. The van der Waals surface area contributed by atoms with Gasteiger partial charge in [0, 0.05) is 23.1 Å². The molecule has 0 amide bonds. The van der Waals surface area contributed by atoms with Crippen molar-refractivity contribution in [2.24, 2.45) is 17.1 Å². The second-order valence-corrected chi connectivity index (χ2v) is 8.12. The topological polar surface area (TPSA) is 29.3 Å². The Morgan fingerprint density at radius 1 is 1.35 bits per heavy atom. The second kappa shape index (κ2) is 6.17. The monoisotopic (exact) mass is 338 g/mol. The molecule has 0 spiro atoms. The van der Waals surface area contributed by atoms with Gasteiger partial charge < -0.3 is 5.73 Å². The van der Waals surface area contributed by atoms with E-state index in [9.17, 15) is 0 Å². The maximum absolute atomic E-state index is 6.30. The molecule has 1 saturated heterocycles. The van der Waals surface area contributed by atoms with Crippen molar-refractivity contribution >= 4 is 15.9 Å². The molecule has 0 bridgehead atoms.